The van der Waals surface area contributed by atoms with Gasteiger partial charge in [-0.1, -0.05) is 49.7 Å². The minimum Gasteiger partial charge on any atom is -0.457 e. The van der Waals surface area contributed by atoms with Crippen LogP contribution in [0.5, 0.6) is 11.5 Å². The molecule has 1 aromatic heterocycles. The van der Waals surface area contributed by atoms with Gasteiger partial charge in [-0.25, -0.2) is 0 Å². The minimum atomic E-state index is -0.524. The molecule has 31 heavy (non-hydrogen) atoms. The van der Waals surface area contributed by atoms with Crippen LogP contribution in [0.4, 0.5) is 5.00 Å². The van der Waals surface area contributed by atoms with E-state index in [1.54, 1.807) is 0 Å². The lowest BCUT2D eigenvalue weighted by Crippen LogP contribution is -2.26. The molecule has 2 aliphatic rings. The predicted octanol–water partition coefficient (Wildman–Crippen LogP) is 5.24. The molecule has 1 atom stereocenters. The summed E-state index contributed by atoms with van der Waals surface area (Å²) in [4.78, 5) is 27.1. The number of primary amides is 1. The number of fused-ring (bicyclic) bond motifs is 3. The van der Waals surface area contributed by atoms with E-state index in [1.807, 2.05) is 48.5 Å². The second-order valence-electron chi connectivity index (χ2n) is 8.19. The van der Waals surface area contributed by atoms with Gasteiger partial charge in [0.05, 0.1) is 11.5 Å². The Balaban J connectivity index is 1.53. The Bertz CT molecular complexity index is 1140. The number of thiophene rings is 1. The lowest BCUT2D eigenvalue weighted by molar-refractivity contribution is -0.116. The number of carbonyl (C=O) groups excluding carboxylic acids is 2. The van der Waals surface area contributed by atoms with Gasteiger partial charge in [-0.05, 0) is 42.9 Å². The molecule has 0 bridgehead atoms. The minimum absolute atomic E-state index is 0.184. The number of benzene rings is 2. The van der Waals surface area contributed by atoms with E-state index < -0.39 is 11.8 Å². The molecule has 1 aliphatic carbocycles. The predicted molar refractivity (Wildman–Crippen MR) is 122 cm³/mol. The maximum Gasteiger partial charge on any atom is 0.251 e. The number of nitrogens with two attached hydrogens (primary N) is 1. The van der Waals surface area contributed by atoms with Gasteiger partial charge in [0.15, 0.2) is 0 Å². The topological polar surface area (TPSA) is 81.4 Å². The quantitative estimate of drug-likeness (QED) is 0.592. The number of anilines is 1. The Morgan fingerprint density at radius 2 is 1.74 bits per heavy atom. The number of para-hydroxylation sites is 2. The normalized spacial score (nSPS) is 17.1. The molecule has 6 heteroatoms. The lowest BCUT2D eigenvalue weighted by atomic mass is 9.85. The first-order valence-electron chi connectivity index (χ1n) is 10.7. The largest absolute Gasteiger partial charge is 0.457 e. The van der Waals surface area contributed by atoms with E-state index in [9.17, 15) is 9.59 Å². The van der Waals surface area contributed by atoms with E-state index in [1.165, 1.54) is 16.2 Å². The van der Waals surface area contributed by atoms with Crippen molar-refractivity contribution < 1.29 is 14.3 Å². The number of rotatable bonds is 4. The standard InChI is InChI=1S/C25H24N2O3S/c1-2-14-11-12-17-20(13-14)31-25(22(17)23(26)28)27-24(29)21-15-7-3-5-9-18(15)30-19-10-6-4-8-16(19)21/h3-10,14,21H,2,11-13H2,1H3,(H2,26,28)(H,27,29)/t14-/m1/s1. The van der Waals surface area contributed by atoms with Gasteiger partial charge in [0, 0.05) is 16.0 Å². The molecule has 2 aromatic carbocycles. The fourth-order valence-corrected chi connectivity index (χ4v) is 6.10. The second-order valence-corrected chi connectivity index (χ2v) is 9.29. The number of amides is 2. The maximum atomic E-state index is 13.6. The summed E-state index contributed by atoms with van der Waals surface area (Å²) in [6.07, 6.45) is 3.94. The molecule has 3 aromatic rings. The maximum absolute atomic E-state index is 13.6. The number of hydrogen-bond donors (Lipinski definition) is 2. The Hall–Kier alpha value is -3.12. The highest BCUT2D eigenvalue weighted by Gasteiger charge is 2.34. The summed E-state index contributed by atoms with van der Waals surface area (Å²) >= 11 is 1.50. The highest BCUT2D eigenvalue weighted by molar-refractivity contribution is 7.17. The highest BCUT2D eigenvalue weighted by atomic mass is 32.1. The second kappa shape index (κ2) is 7.85. The van der Waals surface area contributed by atoms with Crippen molar-refractivity contribution in [2.75, 3.05) is 5.32 Å². The summed E-state index contributed by atoms with van der Waals surface area (Å²) in [7, 11) is 0. The number of nitrogens with one attached hydrogen (secondary N) is 1. The number of ether oxygens (including phenoxy) is 1. The first-order chi connectivity index (χ1) is 15.1. The molecule has 0 spiro atoms. The SMILES string of the molecule is CC[C@@H]1CCc2c(sc(NC(=O)C3c4ccccc4Oc4ccccc43)c2C(N)=O)C1. The van der Waals surface area contributed by atoms with Gasteiger partial charge in [0.2, 0.25) is 5.91 Å². The van der Waals surface area contributed by atoms with Crippen molar-refractivity contribution in [1.82, 2.24) is 0 Å². The van der Waals surface area contributed by atoms with Crippen molar-refractivity contribution in [3.8, 4) is 11.5 Å². The van der Waals surface area contributed by atoms with Gasteiger partial charge in [0.1, 0.15) is 16.5 Å². The first-order valence-corrected chi connectivity index (χ1v) is 11.5. The van der Waals surface area contributed by atoms with Crippen molar-refractivity contribution in [3.63, 3.8) is 0 Å². The fraction of sp³-hybridized carbons (Fsp3) is 0.280. The molecule has 2 heterocycles. The van der Waals surface area contributed by atoms with Crippen molar-refractivity contribution in [2.24, 2.45) is 11.7 Å². The van der Waals surface area contributed by atoms with Gasteiger partial charge in [-0.2, -0.15) is 0 Å². The molecule has 5 nitrogen and oxygen atoms in total. The van der Waals surface area contributed by atoms with Crippen molar-refractivity contribution >= 4 is 28.2 Å². The van der Waals surface area contributed by atoms with Gasteiger partial charge in [-0.3, -0.25) is 9.59 Å². The monoisotopic (exact) mass is 432 g/mol. The van der Waals surface area contributed by atoms with Crippen LogP contribution in [-0.2, 0) is 17.6 Å². The van der Waals surface area contributed by atoms with Crippen molar-refractivity contribution in [1.29, 1.82) is 0 Å². The summed E-state index contributed by atoms with van der Waals surface area (Å²) in [5.74, 6) is 0.779. The van der Waals surface area contributed by atoms with Crippen LogP contribution < -0.4 is 15.8 Å². The third-order valence-corrected chi connectivity index (χ3v) is 7.54. The summed E-state index contributed by atoms with van der Waals surface area (Å²) in [5.41, 5.74) is 8.88. The summed E-state index contributed by atoms with van der Waals surface area (Å²) in [5, 5.41) is 3.63. The van der Waals surface area contributed by atoms with Crippen LogP contribution in [0.25, 0.3) is 0 Å². The molecule has 1 aliphatic heterocycles. The van der Waals surface area contributed by atoms with Crippen LogP contribution in [0.3, 0.4) is 0 Å². The Kier molecular flexibility index (Phi) is 5.02. The van der Waals surface area contributed by atoms with E-state index in [4.69, 9.17) is 10.5 Å². The van der Waals surface area contributed by atoms with E-state index in [-0.39, 0.29) is 5.91 Å². The number of hydrogen-bond acceptors (Lipinski definition) is 4. The zero-order valence-corrected chi connectivity index (χ0v) is 18.1. The fourth-order valence-electron chi connectivity index (χ4n) is 4.73. The average molecular weight is 433 g/mol. The van der Waals surface area contributed by atoms with Gasteiger partial charge < -0.3 is 15.8 Å². The zero-order valence-electron chi connectivity index (χ0n) is 17.3. The third kappa shape index (κ3) is 3.41. The highest BCUT2D eigenvalue weighted by Crippen LogP contribution is 2.45. The molecular weight excluding hydrogens is 408 g/mol. The molecule has 2 amide bonds. The molecule has 3 N–H and O–H groups in total. The molecule has 0 fully saturated rings. The lowest BCUT2D eigenvalue weighted by Gasteiger charge is -2.27. The van der Waals surface area contributed by atoms with E-state index in [2.05, 4.69) is 12.2 Å². The number of carbonyl (C=O) groups is 2. The molecule has 0 saturated heterocycles. The zero-order chi connectivity index (χ0) is 21.5. The molecule has 5 rings (SSSR count). The smallest absolute Gasteiger partial charge is 0.251 e. The molecule has 158 valence electrons. The summed E-state index contributed by atoms with van der Waals surface area (Å²) in [6, 6.07) is 15.2. The first kappa shape index (κ1) is 19.8. The van der Waals surface area contributed by atoms with Crippen LogP contribution in [0.1, 0.15) is 57.6 Å². The van der Waals surface area contributed by atoms with Crippen molar-refractivity contribution in [3.05, 3.63) is 75.7 Å². The molecular formula is C25H24N2O3S. The van der Waals surface area contributed by atoms with Gasteiger partial charge in [0.25, 0.3) is 5.91 Å². The Morgan fingerprint density at radius 3 is 2.35 bits per heavy atom. The summed E-state index contributed by atoms with van der Waals surface area (Å²) in [6.45, 7) is 2.20. The van der Waals surface area contributed by atoms with Gasteiger partial charge >= 0.3 is 0 Å². The van der Waals surface area contributed by atoms with Crippen LogP contribution in [0.2, 0.25) is 0 Å². The third-order valence-electron chi connectivity index (χ3n) is 6.37. The molecule has 0 saturated carbocycles. The summed E-state index contributed by atoms with van der Waals surface area (Å²) < 4.78 is 6.01. The van der Waals surface area contributed by atoms with E-state index in [0.717, 1.165) is 42.4 Å². The average Bonchev–Trinajstić information content (AvgIpc) is 3.14. The van der Waals surface area contributed by atoms with Crippen LogP contribution in [-0.4, -0.2) is 11.8 Å². The Morgan fingerprint density at radius 1 is 1.10 bits per heavy atom. The van der Waals surface area contributed by atoms with Crippen LogP contribution >= 0.6 is 11.3 Å². The van der Waals surface area contributed by atoms with Crippen molar-refractivity contribution in [2.45, 2.75) is 38.5 Å². The molecule has 0 radical (unpaired) electrons. The van der Waals surface area contributed by atoms with E-state index in [0.29, 0.717) is 28.0 Å². The Labute approximate surface area is 185 Å². The van der Waals surface area contributed by atoms with Crippen LogP contribution in [0.15, 0.2) is 48.5 Å². The van der Waals surface area contributed by atoms with Gasteiger partial charge in [-0.15, -0.1) is 11.3 Å². The van der Waals surface area contributed by atoms with Crippen LogP contribution in [0, 0.1) is 5.92 Å². The van der Waals surface area contributed by atoms with E-state index >= 15 is 0 Å². The molecule has 0 unspecified atom stereocenters.